The number of unbranched alkanes of at least 4 members (excludes halogenated alkanes) is 45. The fourth-order valence-electron chi connectivity index (χ4n) is 11.2. The van der Waals surface area contributed by atoms with E-state index in [1.807, 2.05) is 0 Å². The molecule has 0 heterocycles. The van der Waals surface area contributed by atoms with Gasteiger partial charge in [-0.1, -0.05) is 330 Å². The number of aliphatic hydroxyl groups excluding tert-OH is 1. The fourth-order valence-corrected chi connectivity index (χ4v) is 12.8. The predicted molar refractivity (Wildman–Crippen MR) is 372 cm³/mol. The summed E-state index contributed by atoms with van der Waals surface area (Å²) >= 11 is 0. The molecule has 0 aliphatic rings. The number of phosphoric ester groups is 2. The molecule has 5 atom stereocenters. The summed E-state index contributed by atoms with van der Waals surface area (Å²) in [6.07, 6.45) is 54.1. The topological polar surface area (TPSA) is 237 Å². The minimum absolute atomic E-state index is 0.107. The van der Waals surface area contributed by atoms with Crippen LogP contribution in [0.25, 0.3) is 0 Å². The van der Waals surface area contributed by atoms with E-state index < -0.39 is 97.5 Å². The summed E-state index contributed by atoms with van der Waals surface area (Å²) in [7, 11) is -9.90. The highest BCUT2D eigenvalue weighted by Gasteiger charge is 2.30. The third-order valence-electron chi connectivity index (χ3n) is 17.0. The molecule has 0 fully saturated rings. The summed E-state index contributed by atoms with van der Waals surface area (Å²) in [5.41, 5.74) is 0. The summed E-state index contributed by atoms with van der Waals surface area (Å²) in [6.45, 7) is 7.25. The molecular formula is C73H142O17P2. The van der Waals surface area contributed by atoms with E-state index in [0.29, 0.717) is 25.7 Å². The highest BCUT2D eigenvalue weighted by atomic mass is 31.2. The number of carbonyl (C=O) groups is 4. The lowest BCUT2D eigenvalue weighted by atomic mass is 10.0. The van der Waals surface area contributed by atoms with Crippen molar-refractivity contribution in [1.29, 1.82) is 0 Å². The summed E-state index contributed by atoms with van der Waals surface area (Å²) < 4.78 is 68.3. The van der Waals surface area contributed by atoms with Gasteiger partial charge in [0.05, 0.1) is 26.4 Å². The molecule has 0 amide bonds. The van der Waals surface area contributed by atoms with Crippen LogP contribution in [0.1, 0.15) is 381 Å². The summed E-state index contributed by atoms with van der Waals surface area (Å²) in [5, 5.41) is 10.6. The van der Waals surface area contributed by atoms with Gasteiger partial charge in [0.1, 0.15) is 19.3 Å². The lowest BCUT2D eigenvalue weighted by Crippen LogP contribution is -2.30. The molecule has 19 heteroatoms. The van der Waals surface area contributed by atoms with E-state index in [2.05, 4.69) is 34.6 Å². The van der Waals surface area contributed by atoms with Crippen molar-refractivity contribution in [3.8, 4) is 0 Å². The van der Waals surface area contributed by atoms with Gasteiger partial charge in [-0.05, 0) is 31.6 Å². The third kappa shape index (κ3) is 66.7. The van der Waals surface area contributed by atoms with Gasteiger partial charge in [-0.15, -0.1) is 0 Å². The minimum Gasteiger partial charge on any atom is -0.462 e. The molecule has 0 spiro atoms. The number of carbonyl (C=O) groups excluding carboxylic acids is 4. The summed E-state index contributed by atoms with van der Waals surface area (Å²) in [6, 6.07) is 0. The first-order chi connectivity index (χ1) is 44.5. The van der Waals surface area contributed by atoms with Crippen molar-refractivity contribution >= 4 is 39.5 Å². The lowest BCUT2D eigenvalue weighted by molar-refractivity contribution is -0.161. The molecule has 546 valence electrons. The molecule has 0 aromatic rings. The fraction of sp³-hybridized carbons (Fsp3) is 0.945. The van der Waals surface area contributed by atoms with Crippen LogP contribution < -0.4 is 0 Å². The van der Waals surface area contributed by atoms with E-state index in [9.17, 15) is 43.2 Å². The number of rotatable bonds is 73. The van der Waals surface area contributed by atoms with Crippen molar-refractivity contribution in [2.75, 3.05) is 39.6 Å². The van der Waals surface area contributed by atoms with Crippen LogP contribution in [0.2, 0.25) is 0 Å². The minimum atomic E-state index is -4.95. The first-order valence-corrected chi connectivity index (χ1v) is 41.1. The number of hydrogen-bond acceptors (Lipinski definition) is 15. The molecule has 0 aromatic heterocycles. The molecular weight excluding hydrogens is 1210 g/mol. The van der Waals surface area contributed by atoms with Gasteiger partial charge in [-0.3, -0.25) is 37.3 Å². The number of aliphatic hydroxyl groups is 1. The van der Waals surface area contributed by atoms with Crippen LogP contribution in [0.3, 0.4) is 0 Å². The maximum Gasteiger partial charge on any atom is 0.472 e. The normalized spacial score (nSPS) is 14.0. The van der Waals surface area contributed by atoms with E-state index in [-0.39, 0.29) is 25.7 Å². The number of hydrogen-bond donors (Lipinski definition) is 3. The zero-order valence-electron chi connectivity index (χ0n) is 59.7. The maximum atomic E-state index is 13.1. The van der Waals surface area contributed by atoms with E-state index in [4.69, 9.17) is 37.0 Å². The van der Waals surface area contributed by atoms with Crippen molar-refractivity contribution in [2.45, 2.75) is 400 Å². The van der Waals surface area contributed by atoms with Gasteiger partial charge in [-0.2, -0.15) is 0 Å². The highest BCUT2D eigenvalue weighted by molar-refractivity contribution is 7.47. The molecule has 2 unspecified atom stereocenters. The van der Waals surface area contributed by atoms with Crippen molar-refractivity contribution in [2.24, 2.45) is 5.92 Å². The number of phosphoric acid groups is 2. The van der Waals surface area contributed by atoms with Gasteiger partial charge >= 0.3 is 39.5 Å². The number of ether oxygens (including phenoxy) is 4. The van der Waals surface area contributed by atoms with Crippen LogP contribution in [-0.4, -0.2) is 96.7 Å². The molecule has 0 aromatic carbocycles. The van der Waals surface area contributed by atoms with Gasteiger partial charge in [0.15, 0.2) is 12.2 Å². The van der Waals surface area contributed by atoms with Crippen LogP contribution in [0, 0.1) is 5.92 Å². The zero-order chi connectivity index (χ0) is 67.7. The van der Waals surface area contributed by atoms with Crippen LogP contribution in [0.15, 0.2) is 0 Å². The standard InChI is InChI=1S/C73H142O17P2/c1-6-9-12-15-18-21-23-25-26-27-28-29-30-34-39-44-49-54-59-73(78)90-69(63-84-71(76)57-52-47-42-37-35-31-32-36-40-45-50-55-66(4)5)65-88-92(81,82)86-61-67(74)60-85-91(79,80)87-64-68(62-83-70(75)56-51-46-41-20-17-14-11-8-3)89-72(77)58-53-48-43-38-33-24-22-19-16-13-10-7-2/h66-69,74H,6-65H2,1-5H3,(H,79,80)(H,81,82)/t67-,68+,69+/m0/s1. The second kappa shape index (κ2) is 66.3. The van der Waals surface area contributed by atoms with E-state index >= 15 is 0 Å². The average molecular weight is 1350 g/mol. The largest absolute Gasteiger partial charge is 0.472 e. The van der Waals surface area contributed by atoms with Gasteiger partial charge in [-0.25, -0.2) is 9.13 Å². The molecule has 0 saturated carbocycles. The Morgan fingerprint density at radius 1 is 0.293 bits per heavy atom. The molecule has 0 saturated heterocycles. The first kappa shape index (κ1) is 90.1. The zero-order valence-corrected chi connectivity index (χ0v) is 61.5. The Morgan fingerprint density at radius 2 is 0.500 bits per heavy atom. The summed E-state index contributed by atoms with van der Waals surface area (Å²) in [4.78, 5) is 72.6. The average Bonchev–Trinajstić information content (AvgIpc) is 1.77. The molecule has 0 aliphatic heterocycles. The SMILES string of the molecule is CCCCCCCCCCCCCCCCCCCCC(=O)O[C@H](COC(=O)CCCCCCCCCCCCCC(C)C)COP(=O)(O)OC[C@@H](O)COP(=O)(O)OC[C@@H](COC(=O)CCCCCCCCCC)OC(=O)CCCCCCCCCCCCCC. The second-order valence-corrected chi connectivity index (χ2v) is 29.7. The summed E-state index contributed by atoms with van der Waals surface area (Å²) in [5.74, 6) is -1.35. The van der Waals surface area contributed by atoms with Gasteiger partial charge in [0.2, 0.25) is 0 Å². The van der Waals surface area contributed by atoms with Crippen LogP contribution in [0.4, 0.5) is 0 Å². The van der Waals surface area contributed by atoms with E-state index in [0.717, 1.165) is 102 Å². The van der Waals surface area contributed by atoms with E-state index in [1.165, 1.54) is 199 Å². The predicted octanol–water partition coefficient (Wildman–Crippen LogP) is 21.3. The van der Waals surface area contributed by atoms with E-state index in [1.54, 1.807) is 0 Å². The van der Waals surface area contributed by atoms with Crippen molar-refractivity contribution < 1.29 is 80.2 Å². The molecule has 3 N–H and O–H groups in total. The Morgan fingerprint density at radius 3 is 0.739 bits per heavy atom. The maximum absolute atomic E-state index is 13.1. The first-order valence-electron chi connectivity index (χ1n) is 38.1. The Bertz CT molecular complexity index is 1770. The van der Waals surface area contributed by atoms with Crippen LogP contribution >= 0.6 is 15.6 Å². The van der Waals surface area contributed by atoms with Crippen molar-refractivity contribution in [3.63, 3.8) is 0 Å². The quantitative estimate of drug-likeness (QED) is 0.0222. The highest BCUT2D eigenvalue weighted by Crippen LogP contribution is 2.45. The van der Waals surface area contributed by atoms with Crippen LogP contribution in [0.5, 0.6) is 0 Å². The molecule has 17 nitrogen and oxygen atoms in total. The lowest BCUT2D eigenvalue weighted by Gasteiger charge is -2.21. The molecule has 0 radical (unpaired) electrons. The number of esters is 4. The molecule has 0 bridgehead atoms. The van der Waals surface area contributed by atoms with Crippen molar-refractivity contribution in [1.82, 2.24) is 0 Å². The Hall–Kier alpha value is -1.94. The Kier molecular flexibility index (Phi) is 64.9. The van der Waals surface area contributed by atoms with Gasteiger partial charge < -0.3 is 33.8 Å². The molecule has 92 heavy (non-hydrogen) atoms. The molecule has 0 aliphatic carbocycles. The Balaban J connectivity index is 5.21. The smallest absolute Gasteiger partial charge is 0.462 e. The van der Waals surface area contributed by atoms with Gasteiger partial charge in [0.25, 0.3) is 0 Å². The van der Waals surface area contributed by atoms with Crippen molar-refractivity contribution in [3.05, 3.63) is 0 Å². The molecule has 0 rings (SSSR count). The Labute approximate surface area is 562 Å². The third-order valence-corrected chi connectivity index (χ3v) is 18.9. The van der Waals surface area contributed by atoms with Crippen LogP contribution in [-0.2, 0) is 65.4 Å². The van der Waals surface area contributed by atoms with Gasteiger partial charge in [0, 0.05) is 25.7 Å². The monoisotopic (exact) mass is 1350 g/mol. The second-order valence-electron chi connectivity index (χ2n) is 26.8.